The highest BCUT2D eigenvalue weighted by molar-refractivity contribution is 7.98. The Morgan fingerprint density at radius 3 is 2.71 bits per heavy atom. The number of nitriles is 1. The number of hydrogen-bond acceptors (Lipinski definition) is 3. The minimum absolute atomic E-state index is 0.0803. The van der Waals surface area contributed by atoms with E-state index in [9.17, 15) is 13.6 Å². The van der Waals surface area contributed by atoms with Crippen LogP contribution < -0.4 is 5.56 Å². The van der Waals surface area contributed by atoms with Gasteiger partial charge in [-0.25, -0.2) is 8.78 Å². The Balaban J connectivity index is 2.07. The van der Waals surface area contributed by atoms with E-state index in [0.29, 0.717) is 26.4 Å². The Kier molecular flexibility index (Phi) is 4.56. The van der Waals surface area contributed by atoms with Gasteiger partial charge in [-0.1, -0.05) is 11.6 Å². The van der Waals surface area contributed by atoms with Gasteiger partial charge in [0.25, 0.3) is 5.56 Å². The molecule has 0 aliphatic carbocycles. The lowest BCUT2D eigenvalue weighted by Crippen LogP contribution is -2.12. The smallest absolute Gasteiger partial charge is 0.267 e. The zero-order valence-corrected chi connectivity index (χ0v) is 13.6. The van der Waals surface area contributed by atoms with E-state index >= 15 is 0 Å². The van der Waals surface area contributed by atoms with Crippen molar-refractivity contribution >= 4 is 34.1 Å². The van der Waals surface area contributed by atoms with E-state index in [1.807, 2.05) is 6.07 Å². The second-order valence-electron chi connectivity index (χ2n) is 4.98. The molecular weight excluding hydrogens is 354 g/mol. The topological polar surface area (TPSA) is 56.6 Å². The van der Waals surface area contributed by atoms with Gasteiger partial charge in [-0.3, -0.25) is 4.79 Å². The second-order valence-corrected chi connectivity index (χ2v) is 6.41. The normalized spacial score (nSPS) is 10.8. The molecule has 0 fully saturated rings. The van der Waals surface area contributed by atoms with Crippen LogP contribution in [0.2, 0.25) is 5.02 Å². The molecule has 1 aromatic heterocycles. The summed E-state index contributed by atoms with van der Waals surface area (Å²) in [5.74, 6) is -0.715. The zero-order chi connectivity index (χ0) is 17.3. The number of rotatable bonds is 3. The molecule has 1 heterocycles. The van der Waals surface area contributed by atoms with E-state index in [4.69, 9.17) is 16.9 Å². The molecule has 0 amide bonds. The van der Waals surface area contributed by atoms with Crippen LogP contribution in [0.15, 0.2) is 46.2 Å². The summed E-state index contributed by atoms with van der Waals surface area (Å²) in [6.45, 7) is 0. The van der Waals surface area contributed by atoms with Crippen LogP contribution >= 0.6 is 23.4 Å². The molecule has 0 spiro atoms. The van der Waals surface area contributed by atoms with Crippen LogP contribution in [0.5, 0.6) is 0 Å². The average Bonchev–Trinajstić information content (AvgIpc) is 2.56. The molecule has 3 aromatic rings. The number of H-pyrrole nitrogens is 1. The number of hydrogen-bond donors (Lipinski definition) is 1. The number of nitrogens with zero attached hydrogens (tertiary/aromatic N) is 1. The number of halogens is 3. The van der Waals surface area contributed by atoms with Gasteiger partial charge >= 0.3 is 0 Å². The van der Waals surface area contributed by atoms with E-state index in [-0.39, 0.29) is 11.3 Å². The van der Waals surface area contributed by atoms with Crippen LogP contribution in [0.1, 0.15) is 11.1 Å². The molecule has 3 nitrogen and oxygen atoms in total. The lowest BCUT2D eigenvalue weighted by Gasteiger charge is -2.08. The number of pyridine rings is 1. The Bertz CT molecular complexity index is 1040. The summed E-state index contributed by atoms with van der Waals surface area (Å²) in [4.78, 5) is 14.6. The molecule has 0 aliphatic rings. The standard InChI is InChI=1S/C17H9ClF2N2OS/c18-10-1-4-15(20)9(5-10)8-24-17-13-6-11(19)2-3-12(13)14(7-21)16(23)22-17/h1-6H,8H2,(H,22,23). The molecule has 1 N–H and O–H groups in total. The lowest BCUT2D eigenvalue weighted by molar-refractivity contribution is 0.617. The lowest BCUT2D eigenvalue weighted by atomic mass is 10.1. The molecule has 0 atom stereocenters. The van der Waals surface area contributed by atoms with Gasteiger partial charge < -0.3 is 4.98 Å². The first-order chi connectivity index (χ1) is 11.5. The van der Waals surface area contributed by atoms with Crippen molar-refractivity contribution in [1.82, 2.24) is 4.98 Å². The summed E-state index contributed by atoms with van der Waals surface area (Å²) in [5, 5.41) is 10.6. The predicted octanol–water partition coefficient (Wildman–Crippen LogP) is 4.62. The van der Waals surface area contributed by atoms with Crippen molar-refractivity contribution in [3.63, 3.8) is 0 Å². The van der Waals surface area contributed by atoms with E-state index in [2.05, 4.69) is 4.98 Å². The fourth-order valence-corrected chi connectivity index (χ4v) is 3.51. The van der Waals surface area contributed by atoms with Crippen LogP contribution in [-0.4, -0.2) is 4.98 Å². The first-order valence-electron chi connectivity index (χ1n) is 6.82. The Hall–Kier alpha value is -2.36. The summed E-state index contributed by atoms with van der Waals surface area (Å²) in [6.07, 6.45) is 0. The van der Waals surface area contributed by atoms with Crippen LogP contribution in [0, 0.1) is 23.0 Å². The number of aromatic nitrogens is 1. The fourth-order valence-electron chi connectivity index (χ4n) is 2.31. The highest BCUT2D eigenvalue weighted by Crippen LogP contribution is 2.30. The quantitative estimate of drug-likeness (QED) is 0.691. The van der Waals surface area contributed by atoms with E-state index in [0.717, 1.165) is 11.8 Å². The van der Waals surface area contributed by atoms with Crippen molar-refractivity contribution < 1.29 is 8.78 Å². The number of benzene rings is 2. The second kappa shape index (κ2) is 6.63. The van der Waals surface area contributed by atoms with Crippen molar-refractivity contribution in [1.29, 1.82) is 5.26 Å². The third-order valence-electron chi connectivity index (χ3n) is 3.44. The van der Waals surface area contributed by atoms with Crippen molar-refractivity contribution in [3.05, 3.63) is 74.5 Å². The van der Waals surface area contributed by atoms with Gasteiger partial charge in [-0.15, -0.1) is 11.8 Å². The maximum atomic E-state index is 13.8. The van der Waals surface area contributed by atoms with Crippen LogP contribution in [0.4, 0.5) is 8.78 Å². The molecule has 24 heavy (non-hydrogen) atoms. The first-order valence-corrected chi connectivity index (χ1v) is 8.18. The maximum Gasteiger partial charge on any atom is 0.267 e. The van der Waals surface area contributed by atoms with Crippen molar-refractivity contribution in [3.8, 4) is 6.07 Å². The monoisotopic (exact) mass is 362 g/mol. The van der Waals surface area contributed by atoms with Gasteiger partial charge in [0, 0.05) is 21.5 Å². The van der Waals surface area contributed by atoms with Gasteiger partial charge in [0.2, 0.25) is 0 Å². The molecule has 3 rings (SSSR count). The largest absolute Gasteiger partial charge is 0.315 e. The molecule has 0 saturated heterocycles. The summed E-state index contributed by atoms with van der Waals surface area (Å²) in [6, 6.07) is 9.84. The van der Waals surface area contributed by atoms with Crippen LogP contribution in [0.25, 0.3) is 10.8 Å². The minimum atomic E-state index is -0.564. The highest BCUT2D eigenvalue weighted by atomic mass is 35.5. The van der Waals surface area contributed by atoms with Crippen LogP contribution in [0.3, 0.4) is 0 Å². The third kappa shape index (κ3) is 3.14. The van der Waals surface area contributed by atoms with E-state index in [1.54, 1.807) is 0 Å². The molecule has 0 aliphatic heterocycles. The summed E-state index contributed by atoms with van der Waals surface area (Å²) in [5.41, 5.74) is -0.281. The number of nitrogens with one attached hydrogen (secondary N) is 1. The van der Waals surface area contributed by atoms with Crippen molar-refractivity contribution in [2.45, 2.75) is 10.8 Å². The third-order valence-corrected chi connectivity index (χ3v) is 4.74. The van der Waals surface area contributed by atoms with Gasteiger partial charge in [0.15, 0.2) is 0 Å². The maximum absolute atomic E-state index is 13.8. The Labute approximate surface area is 144 Å². The SMILES string of the molecule is N#Cc1c(=O)[nH]c(SCc2cc(Cl)ccc2F)c2cc(F)ccc12. The molecule has 120 valence electrons. The average molecular weight is 363 g/mol. The van der Waals surface area contributed by atoms with Crippen LogP contribution in [-0.2, 0) is 5.75 Å². The molecule has 0 bridgehead atoms. The van der Waals surface area contributed by atoms with E-state index in [1.165, 1.54) is 36.4 Å². The number of aromatic amines is 1. The molecule has 2 aromatic carbocycles. The molecule has 0 unspecified atom stereocenters. The molecule has 0 saturated carbocycles. The van der Waals surface area contributed by atoms with Crippen molar-refractivity contribution in [2.75, 3.05) is 0 Å². The van der Waals surface area contributed by atoms with Gasteiger partial charge in [0.1, 0.15) is 23.3 Å². The summed E-state index contributed by atoms with van der Waals surface area (Å²) >= 11 is 7.00. The molecule has 7 heteroatoms. The fraction of sp³-hybridized carbons (Fsp3) is 0.0588. The van der Waals surface area contributed by atoms with E-state index < -0.39 is 17.2 Å². The van der Waals surface area contributed by atoms with Gasteiger partial charge in [-0.2, -0.15) is 5.26 Å². The number of thioether (sulfide) groups is 1. The zero-order valence-electron chi connectivity index (χ0n) is 12.1. The van der Waals surface area contributed by atoms with Crippen molar-refractivity contribution in [2.24, 2.45) is 0 Å². The Morgan fingerprint density at radius 2 is 1.96 bits per heavy atom. The first kappa shape index (κ1) is 16.5. The predicted molar refractivity (Wildman–Crippen MR) is 90.2 cm³/mol. The minimum Gasteiger partial charge on any atom is -0.315 e. The molecular formula is C17H9ClF2N2OS. The highest BCUT2D eigenvalue weighted by Gasteiger charge is 2.13. The number of fused-ring (bicyclic) bond motifs is 1. The Morgan fingerprint density at radius 1 is 1.17 bits per heavy atom. The van der Waals surface area contributed by atoms with Gasteiger partial charge in [0.05, 0.1) is 5.03 Å². The summed E-state index contributed by atoms with van der Waals surface area (Å²) < 4.78 is 27.4. The van der Waals surface area contributed by atoms with Gasteiger partial charge in [-0.05, 0) is 42.0 Å². The summed E-state index contributed by atoms with van der Waals surface area (Å²) in [7, 11) is 0. The molecule has 0 radical (unpaired) electrons.